The highest BCUT2D eigenvalue weighted by molar-refractivity contribution is 8.00. The maximum atomic E-state index is 13.0. The monoisotopic (exact) mass is 390 g/mol. The topological polar surface area (TPSA) is 61.4 Å². The lowest BCUT2D eigenvalue weighted by molar-refractivity contribution is 0.141. The fraction of sp³-hybridized carbons (Fsp3) is 0.500. The molecule has 3 rings (SSSR count). The number of fused-ring (bicyclic) bond motifs is 3. The molecule has 8 heteroatoms. The summed E-state index contributed by atoms with van der Waals surface area (Å²) in [6.45, 7) is 10.9. The molecule has 0 amide bonds. The van der Waals surface area contributed by atoms with Gasteiger partial charge in [-0.1, -0.05) is 43.5 Å². The summed E-state index contributed by atoms with van der Waals surface area (Å²) in [5.41, 5.74) is 0.857. The van der Waals surface area contributed by atoms with E-state index in [2.05, 4.69) is 29.8 Å². The maximum Gasteiger partial charge on any atom is 0.262 e. The van der Waals surface area contributed by atoms with E-state index >= 15 is 0 Å². The van der Waals surface area contributed by atoms with E-state index in [-0.39, 0.29) is 5.56 Å². The van der Waals surface area contributed by atoms with Crippen molar-refractivity contribution < 1.29 is 4.74 Å². The molecule has 26 heavy (non-hydrogen) atoms. The Morgan fingerprint density at radius 1 is 1.19 bits per heavy atom. The van der Waals surface area contributed by atoms with Gasteiger partial charge in [-0.25, -0.2) is 0 Å². The van der Waals surface area contributed by atoms with E-state index in [4.69, 9.17) is 4.74 Å². The lowest BCUT2D eigenvalue weighted by atomic mass is 10.2. The first-order valence-corrected chi connectivity index (χ1v) is 13.7. The third kappa shape index (κ3) is 4.02. The zero-order valence-electron chi connectivity index (χ0n) is 15.9. The number of para-hydroxylation sites is 1. The van der Waals surface area contributed by atoms with Crippen LogP contribution in [-0.2, 0) is 11.3 Å². The van der Waals surface area contributed by atoms with Crippen molar-refractivity contribution in [2.24, 2.45) is 0 Å². The third-order valence-corrected chi connectivity index (χ3v) is 8.55. The predicted molar refractivity (Wildman–Crippen MR) is 110 cm³/mol. The van der Waals surface area contributed by atoms with Crippen molar-refractivity contribution in [1.82, 2.24) is 19.2 Å². The number of thioether (sulfide) groups is 1. The zero-order valence-corrected chi connectivity index (χ0v) is 17.7. The quantitative estimate of drug-likeness (QED) is 0.335. The van der Waals surface area contributed by atoms with Crippen molar-refractivity contribution in [3.05, 3.63) is 34.6 Å². The first kappa shape index (κ1) is 19.1. The van der Waals surface area contributed by atoms with Gasteiger partial charge in [-0.2, -0.15) is 0 Å². The Labute approximate surface area is 158 Å². The molecule has 2 heterocycles. The van der Waals surface area contributed by atoms with E-state index in [0.717, 1.165) is 22.5 Å². The highest BCUT2D eigenvalue weighted by Gasteiger charge is 2.19. The van der Waals surface area contributed by atoms with Crippen molar-refractivity contribution in [3.8, 4) is 0 Å². The summed E-state index contributed by atoms with van der Waals surface area (Å²) in [6, 6.07) is 7.70. The number of ether oxygens (including phenoxy) is 1. The first-order valence-electron chi connectivity index (χ1n) is 8.99. The van der Waals surface area contributed by atoms with Crippen LogP contribution in [0, 0.1) is 0 Å². The van der Waals surface area contributed by atoms with Gasteiger partial charge in [-0.15, -0.1) is 10.2 Å². The van der Waals surface area contributed by atoms with Crippen molar-refractivity contribution in [2.45, 2.75) is 44.7 Å². The van der Waals surface area contributed by atoms with E-state index in [9.17, 15) is 4.79 Å². The minimum atomic E-state index is -1.23. The number of nitrogens with zero attached hydrogens (tertiary/aromatic N) is 4. The standard InChI is InChI=1S/C18H26N4O2SSi/c1-5-24-12-8-11-21-16(23)14-9-6-7-10-15(14)22-17(21)19-20-18(22)25-13-26(2,3)4/h6-7,9-10H,5,8,11-13H2,1-4H3. The number of hydrogen-bond acceptors (Lipinski definition) is 5. The minimum absolute atomic E-state index is 0.0151. The highest BCUT2D eigenvalue weighted by Crippen LogP contribution is 2.24. The SMILES string of the molecule is CCOCCCn1c(=O)c2ccccc2n2c(SC[Si](C)(C)C)nnc12. The second-order valence-corrected chi connectivity index (χ2v) is 14.4. The summed E-state index contributed by atoms with van der Waals surface area (Å²) in [5.74, 6) is 0.614. The average molecular weight is 391 g/mol. The molecule has 2 aromatic heterocycles. The molecule has 3 aromatic rings. The van der Waals surface area contributed by atoms with Gasteiger partial charge in [-0.05, 0) is 30.9 Å². The number of hydrogen-bond donors (Lipinski definition) is 0. The molecule has 0 aliphatic rings. The molecular weight excluding hydrogens is 364 g/mol. The summed E-state index contributed by atoms with van der Waals surface area (Å²) in [5, 5.41) is 11.4. The van der Waals surface area contributed by atoms with Crippen LogP contribution in [-0.4, -0.2) is 45.8 Å². The van der Waals surface area contributed by atoms with E-state index < -0.39 is 8.07 Å². The summed E-state index contributed by atoms with van der Waals surface area (Å²) in [7, 11) is -1.23. The van der Waals surface area contributed by atoms with Crippen molar-refractivity contribution in [1.29, 1.82) is 0 Å². The van der Waals surface area contributed by atoms with E-state index in [1.165, 1.54) is 0 Å². The molecule has 0 aliphatic heterocycles. The fourth-order valence-electron chi connectivity index (χ4n) is 2.78. The molecule has 0 radical (unpaired) electrons. The van der Waals surface area contributed by atoms with Gasteiger partial charge in [0, 0.05) is 19.8 Å². The van der Waals surface area contributed by atoms with Gasteiger partial charge in [0.25, 0.3) is 5.56 Å². The first-order chi connectivity index (χ1) is 12.4. The second-order valence-electron chi connectivity index (χ2n) is 7.49. The van der Waals surface area contributed by atoms with Crippen LogP contribution in [0.3, 0.4) is 0 Å². The van der Waals surface area contributed by atoms with E-state index in [0.29, 0.717) is 30.9 Å². The van der Waals surface area contributed by atoms with Crippen molar-refractivity contribution >= 4 is 36.5 Å². The maximum absolute atomic E-state index is 13.0. The summed E-state index contributed by atoms with van der Waals surface area (Å²) >= 11 is 1.74. The normalized spacial score (nSPS) is 12.3. The Kier molecular flexibility index (Phi) is 5.84. The molecule has 0 saturated carbocycles. The van der Waals surface area contributed by atoms with Crippen LogP contribution < -0.4 is 5.56 Å². The van der Waals surface area contributed by atoms with Crippen LogP contribution in [0.2, 0.25) is 19.6 Å². The summed E-state index contributed by atoms with van der Waals surface area (Å²) in [4.78, 5) is 13.0. The molecule has 0 fully saturated rings. The zero-order chi connectivity index (χ0) is 18.7. The third-order valence-electron chi connectivity index (χ3n) is 3.99. The largest absolute Gasteiger partial charge is 0.382 e. The lowest BCUT2D eigenvalue weighted by Gasteiger charge is -2.15. The van der Waals surface area contributed by atoms with Gasteiger partial charge < -0.3 is 4.74 Å². The van der Waals surface area contributed by atoms with Crippen LogP contribution in [0.25, 0.3) is 16.7 Å². The fourth-order valence-corrected chi connectivity index (χ4v) is 5.43. The Morgan fingerprint density at radius 3 is 2.69 bits per heavy atom. The molecule has 1 aromatic carbocycles. The molecule has 0 spiro atoms. The van der Waals surface area contributed by atoms with Crippen molar-refractivity contribution in [3.63, 3.8) is 0 Å². The molecular formula is C18H26N4O2SSi. The van der Waals surface area contributed by atoms with Crippen LogP contribution >= 0.6 is 11.8 Å². The lowest BCUT2D eigenvalue weighted by Crippen LogP contribution is -2.25. The highest BCUT2D eigenvalue weighted by atomic mass is 32.2. The Hall–Kier alpha value is -1.64. The van der Waals surface area contributed by atoms with Gasteiger partial charge in [0.15, 0.2) is 5.16 Å². The second kappa shape index (κ2) is 7.94. The summed E-state index contributed by atoms with van der Waals surface area (Å²) < 4.78 is 9.18. The minimum Gasteiger partial charge on any atom is -0.382 e. The average Bonchev–Trinajstić information content (AvgIpc) is 3.03. The van der Waals surface area contributed by atoms with Crippen molar-refractivity contribution in [2.75, 3.05) is 18.6 Å². The Bertz CT molecular complexity index is 961. The van der Waals surface area contributed by atoms with Gasteiger partial charge in [0.1, 0.15) is 0 Å². The molecule has 6 nitrogen and oxygen atoms in total. The molecule has 0 unspecified atom stereocenters. The Balaban J connectivity index is 2.10. The Morgan fingerprint density at radius 2 is 1.96 bits per heavy atom. The summed E-state index contributed by atoms with van der Waals surface area (Å²) in [6.07, 6.45) is 0.770. The van der Waals surface area contributed by atoms with Gasteiger partial charge >= 0.3 is 0 Å². The van der Waals surface area contributed by atoms with Crippen LogP contribution in [0.1, 0.15) is 13.3 Å². The van der Waals surface area contributed by atoms with Gasteiger partial charge in [0.2, 0.25) is 5.78 Å². The molecule has 140 valence electrons. The smallest absolute Gasteiger partial charge is 0.262 e. The molecule has 0 saturated heterocycles. The number of aryl methyl sites for hydroxylation is 1. The van der Waals surface area contributed by atoms with Crippen LogP contribution in [0.4, 0.5) is 0 Å². The van der Waals surface area contributed by atoms with E-state index in [1.54, 1.807) is 16.3 Å². The molecule has 0 bridgehead atoms. The number of benzene rings is 1. The van der Waals surface area contributed by atoms with Crippen LogP contribution in [0.15, 0.2) is 34.2 Å². The van der Waals surface area contributed by atoms with Gasteiger partial charge in [0.05, 0.1) is 19.0 Å². The predicted octanol–water partition coefficient (Wildman–Crippen LogP) is 3.44. The molecule has 0 aliphatic carbocycles. The molecule has 0 atom stereocenters. The number of rotatable bonds is 8. The van der Waals surface area contributed by atoms with Crippen LogP contribution in [0.5, 0.6) is 0 Å². The molecule has 0 N–H and O–H groups in total. The van der Waals surface area contributed by atoms with Gasteiger partial charge in [-0.3, -0.25) is 13.8 Å². The van der Waals surface area contributed by atoms with E-state index in [1.807, 2.05) is 35.6 Å². The number of aromatic nitrogens is 4.